The van der Waals surface area contributed by atoms with E-state index >= 15 is 0 Å². The summed E-state index contributed by atoms with van der Waals surface area (Å²) in [7, 11) is 0. The van der Waals surface area contributed by atoms with Crippen LogP contribution in [0.5, 0.6) is 0 Å². The van der Waals surface area contributed by atoms with Gasteiger partial charge in [0, 0.05) is 19.1 Å². The van der Waals surface area contributed by atoms with Crippen LogP contribution in [0.2, 0.25) is 0 Å². The molecular weight excluding hydrogens is 340 g/mol. The van der Waals surface area contributed by atoms with Crippen molar-refractivity contribution in [2.24, 2.45) is 0 Å². The topological polar surface area (TPSA) is 50.4 Å². The van der Waals surface area contributed by atoms with Gasteiger partial charge in [-0.05, 0) is 60.1 Å². The summed E-state index contributed by atoms with van der Waals surface area (Å²) in [5.74, 6) is 0. The van der Waals surface area contributed by atoms with Gasteiger partial charge in [0.25, 0.3) is 0 Å². The third-order valence-electron chi connectivity index (χ3n) is 2.60. The molecule has 1 heterocycles. The second-order valence-corrected chi connectivity index (χ2v) is 7.92. The van der Waals surface area contributed by atoms with Gasteiger partial charge in [0.1, 0.15) is 5.60 Å². The molecule has 0 saturated carbocycles. The predicted octanol–water partition coefficient (Wildman–Crippen LogP) is 3.90. The lowest BCUT2D eigenvalue weighted by Crippen LogP contribution is -2.42. The van der Waals surface area contributed by atoms with Crippen LogP contribution in [0.1, 0.15) is 39.7 Å². The molecule has 0 radical (unpaired) electrons. The number of ether oxygens (including phenoxy) is 1. The van der Waals surface area contributed by atoms with Crippen molar-refractivity contribution >= 4 is 33.4 Å². The van der Waals surface area contributed by atoms with Crippen molar-refractivity contribution in [2.75, 3.05) is 6.54 Å². The Morgan fingerprint density at radius 1 is 1.50 bits per heavy atom. The third kappa shape index (κ3) is 7.26. The van der Waals surface area contributed by atoms with Crippen molar-refractivity contribution in [3.05, 3.63) is 20.8 Å². The Kier molecular flexibility index (Phi) is 6.99. The van der Waals surface area contributed by atoms with Crippen LogP contribution >= 0.6 is 27.3 Å². The van der Waals surface area contributed by atoms with Crippen molar-refractivity contribution in [3.63, 3.8) is 0 Å². The van der Waals surface area contributed by atoms with Gasteiger partial charge >= 0.3 is 6.09 Å². The van der Waals surface area contributed by atoms with E-state index in [2.05, 4.69) is 44.9 Å². The van der Waals surface area contributed by atoms with Crippen molar-refractivity contribution in [1.29, 1.82) is 0 Å². The molecule has 1 amide bonds. The lowest BCUT2D eigenvalue weighted by molar-refractivity contribution is 0.0522. The maximum atomic E-state index is 11.6. The summed E-state index contributed by atoms with van der Waals surface area (Å²) < 4.78 is 6.35. The van der Waals surface area contributed by atoms with E-state index < -0.39 is 5.60 Å². The highest BCUT2D eigenvalue weighted by molar-refractivity contribution is 9.11. The fourth-order valence-corrected chi connectivity index (χ4v) is 2.79. The molecule has 1 unspecified atom stereocenters. The summed E-state index contributed by atoms with van der Waals surface area (Å²) in [5.41, 5.74) is 0.792. The van der Waals surface area contributed by atoms with E-state index in [0.717, 1.165) is 16.8 Å². The molecule has 1 aromatic rings. The van der Waals surface area contributed by atoms with Gasteiger partial charge in [-0.2, -0.15) is 0 Å². The van der Waals surface area contributed by atoms with Gasteiger partial charge in [-0.15, -0.1) is 11.3 Å². The highest BCUT2D eigenvalue weighted by Crippen LogP contribution is 2.20. The van der Waals surface area contributed by atoms with Gasteiger partial charge in [0.15, 0.2) is 0 Å². The molecule has 1 rings (SSSR count). The maximum Gasteiger partial charge on any atom is 0.407 e. The van der Waals surface area contributed by atoms with Crippen LogP contribution in [-0.4, -0.2) is 24.3 Å². The highest BCUT2D eigenvalue weighted by Gasteiger charge is 2.16. The van der Waals surface area contributed by atoms with E-state index in [4.69, 9.17) is 4.74 Å². The minimum Gasteiger partial charge on any atom is -0.444 e. The average Bonchev–Trinajstić information content (AvgIpc) is 2.73. The normalized spacial score (nSPS) is 13.1. The molecule has 20 heavy (non-hydrogen) atoms. The minimum absolute atomic E-state index is 0.237. The number of hydrogen-bond acceptors (Lipinski definition) is 4. The number of rotatable bonds is 6. The predicted molar refractivity (Wildman–Crippen MR) is 87.2 cm³/mol. The monoisotopic (exact) mass is 362 g/mol. The Labute approximate surface area is 133 Å². The zero-order valence-electron chi connectivity index (χ0n) is 12.5. The summed E-state index contributed by atoms with van der Waals surface area (Å²) >= 11 is 5.13. The second-order valence-electron chi connectivity index (χ2n) is 5.63. The first-order chi connectivity index (χ1) is 9.30. The van der Waals surface area contributed by atoms with Gasteiger partial charge in [0.2, 0.25) is 0 Å². The average molecular weight is 363 g/mol. The van der Waals surface area contributed by atoms with Gasteiger partial charge in [-0.1, -0.05) is 6.92 Å². The SMILES string of the molecule is CCC(CNC(=O)OC(C)(C)C)NCc1csc(Br)c1. The maximum absolute atomic E-state index is 11.6. The fraction of sp³-hybridized carbons (Fsp3) is 0.643. The van der Waals surface area contributed by atoms with E-state index in [1.807, 2.05) is 20.8 Å². The first-order valence-corrected chi connectivity index (χ1v) is 8.40. The van der Waals surface area contributed by atoms with E-state index in [-0.39, 0.29) is 12.1 Å². The summed E-state index contributed by atoms with van der Waals surface area (Å²) in [6, 6.07) is 2.34. The summed E-state index contributed by atoms with van der Waals surface area (Å²) in [4.78, 5) is 11.6. The van der Waals surface area contributed by atoms with Crippen molar-refractivity contribution in [1.82, 2.24) is 10.6 Å². The van der Waals surface area contributed by atoms with Crippen LogP contribution in [0.25, 0.3) is 0 Å². The number of hydrogen-bond donors (Lipinski definition) is 2. The van der Waals surface area contributed by atoms with Crippen molar-refractivity contribution in [3.8, 4) is 0 Å². The van der Waals surface area contributed by atoms with Crippen LogP contribution in [0.15, 0.2) is 15.2 Å². The molecule has 0 aliphatic rings. The molecule has 0 aromatic carbocycles. The highest BCUT2D eigenvalue weighted by atomic mass is 79.9. The molecule has 0 saturated heterocycles. The van der Waals surface area contributed by atoms with E-state index in [1.165, 1.54) is 5.56 Å². The zero-order chi connectivity index (χ0) is 15.2. The van der Waals surface area contributed by atoms with Crippen molar-refractivity contribution in [2.45, 2.75) is 52.3 Å². The summed E-state index contributed by atoms with van der Waals surface area (Å²) in [6.45, 7) is 9.04. The third-order valence-corrected chi connectivity index (χ3v) is 4.15. The Hall–Kier alpha value is -0.590. The fourth-order valence-electron chi connectivity index (χ4n) is 1.58. The Morgan fingerprint density at radius 3 is 2.70 bits per heavy atom. The molecule has 2 N–H and O–H groups in total. The lowest BCUT2D eigenvalue weighted by Gasteiger charge is -2.22. The summed E-state index contributed by atoms with van der Waals surface area (Å²) in [5, 5.41) is 8.35. The molecule has 0 bridgehead atoms. The first kappa shape index (κ1) is 17.5. The van der Waals surface area contributed by atoms with Gasteiger partial charge in [-0.25, -0.2) is 4.79 Å². The molecule has 0 aliphatic carbocycles. The van der Waals surface area contributed by atoms with Gasteiger partial charge in [-0.3, -0.25) is 0 Å². The standard InChI is InChI=1S/C14H23BrN2O2S/c1-5-11(8-17-13(18)19-14(2,3)4)16-7-10-6-12(15)20-9-10/h6,9,11,16H,5,7-8H2,1-4H3,(H,17,18). The molecule has 4 nitrogen and oxygen atoms in total. The largest absolute Gasteiger partial charge is 0.444 e. The quantitative estimate of drug-likeness (QED) is 0.806. The minimum atomic E-state index is -0.456. The number of alkyl carbamates (subject to hydrolysis) is 1. The molecule has 6 heteroatoms. The van der Waals surface area contributed by atoms with E-state index in [9.17, 15) is 4.79 Å². The molecule has 0 fully saturated rings. The summed E-state index contributed by atoms with van der Waals surface area (Å²) in [6.07, 6.45) is 0.581. The number of halogens is 1. The van der Waals surface area contributed by atoms with Crippen LogP contribution in [0.4, 0.5) is 4.79 Å². The van der Waals surface area contributed by atoms with Crippen LogP contribution in [0.3, 0.4) is 0 Å². The number of carbonyl (C=O) groups is 1. The number of carbonyl (C=O) groups excluding carboxylic acids is 1. The molecule has 1 aromatic heterocycles. The van der Waals surface area contributed by atoms with Crippen LogP contribution < -0.4 is 10.6 Å². The molecule has 0 spiro atoms. The van der Waals surface area contributed by atoms with Crippen LogP contribution in [0, 0.1) is 0 Å². The first-order valence-electron chi connectivity index (χ1n) is 6.73. The van der Waals surface area contributed by atoms with E-state index in [1.54, 1.807) is 11.3 Å². The Bertz CT molecular complexity index is 429. The van der Waals surface area contributed by atoms with Crippen LogP contribution in [-0.2, 0) is 11.3 Å². The van der Waals surface area contributed by atoms with Crippen molar-refractivity contribution < 1.29 is 9.53 Å². The number of amides is 1. The molecule has 114 valence electrons. The molecule has 0 aliphatic heterocycles. The van der Waals surface area contributed by atoms with E-state index in [0.29, 0.717) is 6.54 Å². The zero-order valence-corrected chi connectivity index (χ0v) is 14.9. The smallest absolute Gasteiger partial charge is 0.407 e. The lowest BCUT2D eigenvalue weighted by atomic mass is 10.2. The number of nitrogens with one attached hydrogen (secondary N) is 2. The Morgan fingerprint density at radius 2 is 2.20 bits per heavy atom. The van der Waals surface area contributed by atoms with Gasteiger partial charge < -0.3 is 15.4 Å². The Balaban J connectivity index is 2.30. The number of thiophene rings is 1. The van der Waals surface area contributed by atoms with Gasteiger partial charge in [0.05, 0.1) is 3.79 Å². The molecular formula is C14H23BrN2O2S. The molecule has 1 atom stereocenters. The second kappa shape index (κ2) is 8.00.